The number of benzene rings is 2. The second-order valence-corrected chi connectivity index (χ2v) is 7.58. The van der Waals surface area contributed by atoms with Crippen LogP contribution in [0.25, 0.3) is 10.8 Å². The predicted octanol–water partition coefficient (Wildman–Crippen LogP) is 5.26. The van der Waals surface area contributed by atoms with E-state index in [1.54, 1.807) is 0 Å². The maximum Gasteiger partial charge on any atom is 0.0948 e. The van der Waals surface area contributed by atoms with Crippen LogP contribution in [0.5, 0.6) is 0 Å². The summed E-state index contributed by atoms with van der Waals surface area (Å²) < 4.78 is 0. The molecule has 2 aromatic rings. The molecule has 2 atom stereocenters. The molecule has 0 fully saturated rings. The van der Waals surface area contributed by atoms with Crippen molar-refractivity contribution in [3.05, 3.63) is 47.0 Å². The molecule has 0 bridgehead atoms. The van der Waals surface area contributed by atoms with Crippen LogP contribution in [0.4, 0.5) is 0 Å². The Hall–Kier alpha value is -1.38. The number of rotatable bonds is 9. The average molecular weight is 340 g/mol. The minimum atomic E-state index is -0.432. The quantitative estimate of drug-likeness (QED) is 0.673. The molecule has 2 nitrogen and oxygen atoms in total. The monoisotopic (exact) mass is 339 g/mol. The van der Waals surface area contributed by atoms with E-state index in [0.29, 0.717) is 0 Å². The second-order valence-electron chi connectivity index (χ2n) is 7.58. The summed E-state index contributed by atoms with van der Waals surface area (Å²) in [4.78, 5) is 2.49. The summed E-state index contributed by atoms with van der Waals surface area (Å²) in [5.41, 5.74) is 4.00. The van der Waals surface area contributed by atoms with Gasteiger partial charge in [0.1, 0.15) is 0 Å². The predicted molar refractivity (Wildman–Crippen MR) is 107 cm³/mol. The van der Waals surface area contributed by atoms with E-state index in [4.69, 9.17) is 0 Å². The van der Waals surface area contributed by atoms with Crippen molar-refractivity contribution in [3.63, 3.8) is 0 Å². The van der Waals surface area contributed by atoms with Crippen molar-refractivity contribution in [2.45, 2.75) is 71.4 Å². The smallest absolute Gasteiger partial charge is 0.0948 e. The molecule has 0 unspecified atom stereocenters. The van der Waals surface area contributed by atoms with Crippen LogP contribution in [0.3, 0.4) is 0 Å². The molecule has 0 amide bonds. The molecular weight excluding hydrogens is 306 g/mol. The summed E-state index contributed by atoms with van der Waals surface area (Å²) >= 11 is 0. The maximum atomic E-state index is 11.2. The largest absolute Gasteiger partial charge is 0.387 e. The third-order valence-corrected chi connectivity index (χ3v) is 5.86. The number of unbranched alkanes of at least 4 members (excludes halogenated alkanes) is 2. The average Bonchev–Trinajstić information content (AvgIpc) is 3.06. The molecule has 0 aliphatic heterocycles. The minimum absolute atomic E-state index is 0.150. The number of aryl methyl sites for hydroxylation is 2. The summed E-state index contributed by atoms with van der Waals surface area (Å²) in [6.07, 6.45) is 6.65. The molecule has 0 aromatic heterocycles. The molecule has 136 valence electrons. The van der Waals surface area contributed by atoms with Gasteiger partial charge in [-0.25, -0.2) is 0 Å². The Labute approximate surface area is 152 Å². The lowest BCUT2D eigenvalue weighted by atomic mass is 9.93. The van der Waals surface area contributed by atoms with Crippen LogP contribution in [0, 0.1) is 0 Å². The van der Waals surface area contributed by atoms with Gasteiger partial charge in [0.25, 0.3) is 0 Å². The van der Waals surface area contributed by atoms with E-state index in [-0.39, 0.29) is 6.04 Å². The van der Waals surface area contributed by atoms with Gasteiger partial charge in [0.2, 0.25) is 0 Å². The fourth-order valence-electron chi connectivity index (χ4n) is 4.23. The highest BCUT2D eigenvalue weighted by molar-refractivity contribution is 5.93. The van der Waals surface area contributed by atoms with Gasteiger partial charge < -0.3 is 5.11 Å². The van der Waals surface area contributed by atoms with E-state index in [0.717, 1.165) is 31.5 Å². The molecule has 1 N–H and O–H groups in total. The van der Waals surface area contributed by atoms with Gasteiger partial charge in [-0.05, 0) is 73.2 Å². The van der Waals surface area contributed by atoms with Gasteiger partial charge in [-0.1, -0.05) is 57.0 Å². The molecule has 0 saturated heterocycles. The first-order valence-corrected chi connectivity index (χ1v) is 10.1. The van der Waals surface area contributed by atoms with Crippen molar-refractivity contribution in [2.24, 2.45) is 0 Å². The van der Waals surface area contributed by atoms with E-state index in [9.17, 15) is 5.11 Å². The molecule has 1 aliphatic carbocycles. The van der Waals surface area contributed by atoms with Crippen molar-refractivity contribution in [1.29, 1.82) is 0 Å². The molecule has 25 heavy (non-hydrogen) atoms. The van der Waals surface area contributed by atoms with Crippen LogP contribution in [-0.2, 0) is 12.8 Å². The number of hydrogen-bond acceptors (Lipinski definition) is 2. The topological polar surface area (TPSA) is 23.5 Å². The number of aliphatic hydroxyl groups excluding tert-OH is 1. The van der Waals surface area contributed by atoms with Crippen LogP contribution in [-0.4, -0.2) is 29.1 Å². The van der Waals surface area contributed by atoms with Gasteiger partial charge in [0.05, 0.1) is 6.10 Å². The normalized spacial score (nSPS) is 15.9. The Kier molecular flexibility index (Phi) is 6.14. The summed E-state index contributed by atoms with van der Waals surface area (Å²) in [7, 11) is 0. The number of aliphatic hydroxyl groups is 1. The standard InChI is InChI=1S/C23H33NO/c1-4-6-15-24(16-7-5-2)17(3)23(25)21-14-13-19-12-11-18-9-8-10-20(21)22(18)19/h8-10,13-14,17,23,25H,4-7,11-12,15-16H2,1-3H3/t17-,23+/m1/s1. The van der Waals surface area contributed by atoms with E-state index < -0.39 is 6.10 Å². The highest BCUT2D eigenvalue weighted by atomic mass is 16.3. The van der Waals surface area contributed by atoms with Gasteiger partial charge in [-0.3, -0.25) is 4.90 Å². The third kappa shape index (κ3) is 3.75. The Balaban J connectivity index is 1.89. The van der Waals surface area contributed by atoms with Gasteiger partial charge in [0.15, 0.2) is 0 Å². The SMILES string of the molecule is CCCCN(CCCC)[C@H](C)[C@H](O)c1ccc2c3c(cccc13)CC2. The number of nitrogens with zero attached hydrogens (tertiary/aromatic N) is 1. The van der Waals surface area contributed by atoms with Crippen molar-refractivity contribution in [1.82, 2.24) is 4.90 Å². The van der Waals surface area contributed by atoms with Crippen LogP contribution in [0.1, 0.15) is 69.2 Å². The molecule has 2 aromatic carbocycles. The van der Waals surface area contributed by atoms with Gasteiger partial charge in [-0.2, -0.15) is 0 Å². The van der Waals surface area contributed by atoms with Gasteiger partial charge >= 0.3 is 0 Å². The Morgan fingerprint density at radius 3 is 2.24 bits per heavy atom. The zero-order valence-corrected chi connectivity index (χ0v) is 16.1. The summed E-state index contributed by atoms with van der Waals surface area (Å²) in [6, 6.07) is 11.2. The van der Waals surface area contributed by atoms with Crippen molar-refractivity contribution >= 4 is 10.8 Å². The molecule has 0 heterocycles. The van der Waals surface area contributed by atoms with Gasteiger partial charge in [-0.15, -0.1) is 0 Å². The molecule has 3 rings (SSSR count). The molecule has 0 radical (unpaired) electrons. The minimum Gasteiger partial charge on any atom is -0.387 e. The zero-order valence-electron chi connectivity index (χ0n) is 16.1. The summed E-state index contributed by atoms with van der Waals surface area (Å²) in [5, 5.41) is 13.9. The Morgan fingerprint density at radius 1 is 0.960 bits per heavy atom. The van der Waals surface area contributed by atoms with Crippen LogP contribution in [0.2, 0.25) is 0 Å². The Morgan fingerprint density at radius 2 is 1.60 bits per heavy atom. The maximum absolute atomic E-state index is 11.2. The molecule has 0 saturated carbocycles. The van der Waals surface area contributed by atoms with Gasteiger partial charge in [0, 0.05) is 6.04 Å². The fraction of sp³-hybridized carbons (Fsp3) is 0.565. The lowest BCUT2D eigenvalue weighted by Crippen LogP contribution is -2.39. The highest BCUT2D eigenvalue weighted by Crippen LogP contribution is 2.36. The fourth-order valence-corrected chi connectivity index (χ4v) is 4.23. The first-order valence-electron chi connectivity index (χ1n) is 10.1. The van der Waals surface area contributed by atoms with E-state index in [2.05, 4.69) is 56.0 Å². The zero-order chi connectivity index (χ0) is 17.8. The van der Waals surface area contributed by atoms with Crippen molar-refractivity contribution in [2.75, 3.05) is 13.1 Å². The summed E-state index contributed by atoms with van der Waals surface area (Å²) in [5.74, 6) is 0. The Bertz CT molecular complexity index is 690. The van der Waals surface area contributed by atoms with Crippen molar-refractivity contribution in [3.8, 4) is 0 Å². The first kappa shape index (κ1) is 18.4. The first-order chi connectivity index (χ1) is 12.2. The molecular formula is C23H33NO. The second kappa shape index (κ2) is 8.33. The van der Waals surface area contributed by atoms with Crippen LogP contribution in [0.15, 0.2) is 30.3 Å². The van der Waals surface area contributed by atoms with E-state index in [1.165, 1.54) is 47.6 Å². The highest BCUT2D eigenvalue weighted by Gasteiger charge is 2.25. The van der Waals surface area contributed by atoms with E-state index >= 15 is 0 Å². The third-order valence-electron chi connectivity index (χ3n) is 5.86. The van der Waals surface area contributed by atoms with Crippen LogP contribution >= 0.6 is 0 Å². The molecule has 1 aliphatic rings. The van der Waals surface area contributed by atoms with E-state index in [1.807, 2.05) is 0 Å². The van der Waals surface area contributed by atoms with Crippen molar-refractivity contribution < 1.29 is 5.11 Å². The summed E-state index contributed by atoms with van der Waals surface area (Å²) in [6.45, 7) is 8.83. The van der Waals surface area contributed by atoms with Crippen LogP contribution < -0.4 is 0 Å². The lowest BCUT2D eigenvalue weighted by molar-refractivity contribution is 0.0569. The lowest BCUT2D eigenvalue weighted by Gasteiger charge is -2.33. The molecule has 0 spiro atoms. The number of hydrogen-bond donors (Lipinski definition) is 1. The molecule has 2 heteroatoms.